The summed E-state index contributed by atoms with van der Waals surface area (Å²) in [6.45, 7) is 5.85. The topological polar surface area (TPSA) is 38.8 Å². The van der Waals surface area contributed by atoms with Crippen LogP contribution in [-0.4, -0.2) is 36.0 Å². The van der Waals surface area contributed by atoms with Crippen molar-refractivity contribution in [3.05, 3.63) is 35.7 Å². The highest BCUT2D eigenvalue weighted by Crippen LogP contribution is 2.30. The molecule has 1 aliphatic heterocycles. The molecule has 0 saturated heterocycles. The van der Waals surface area contributed by atoms with Crippen LogP contribution >= 0.6 is 0 Å². The largest absolute Gasteiger partial charge is 0.573 e. The first-order chi connectivity index (χ1) is 11.4. The van der Waals surface area contributed by atoms with E-state index in [1.54, 1.807) is 26.8 Å². The van der Waals surface area contributed by atoms with Crippen LogP contribution in [0, 0.1) is 5.82 Å². The molecule has 1 aliphatic rings. The SMILES string of the molecule is CC(C)(C)OC(=O)N1CC=C(c2ccc(OC(F)(F)F)cc2F)CC1. The van der Waals surface area contributed by atoms with Crippen molar-refractivity contribution in [2.45, 2.75) is 39.2 Å². The number of nitrogens with zero attached hydrogens (tertiary/aromatic N) is 1. The van der Waals surface area contributed by atoms with Crippen LogP contribution in [0.3, 0.4) is 0 Å². The number of benzene rings is 1. The van der Waals surface area contributed by atoms with Gasteiger partial charge in [-0.25, -0.2) is 9.18 Å². The Bertz CT molecular complexity index is 677. The van der Waals surface area contributed by atoms with E-state index in [1.807, 2.05) is 0 Å². The van der Waals surface area contributed by atoms with Crippen molar-refractivity contribution in [1.29, 1.82) is 0 Å². The first-order valence-corrected chi connectivity index (χ1v) is 7.67. The number of hydrogen-bond donors (Lipinski definition) is 0. The van der Waals surface area contributed by atoms with Gasteiger partial charge in [0.1, 0.15) is 17.2 Å². The highest BCUT2D eigenvalue weighted by molar-refractivity contribution is 5.73. The third-order valence-corrected chi connectivity index (χ3v) is 3.38. The maximum absolute atomic E-state index is 14.1. The molecule has 0 saturated carbocycles. The molecule has 25 heavy (non-hydrogen) atoms. The zero-order chi connectivity index (χ0) is 18.8. The van der Waals surface area contributed by atoms with Gasteiger partial charge in [0.15, 0.2) is 0 Å². The average Bonchev–Trinajstić information content (AvgIpc) is 2.44. The van der Waals surface area contributed by atoms with Gasteiger partial charge in [-0.15, -0.1) is 13.2 Å². The first-order valence-electron chi connectivity index (χ1n) is 7.67. The fourth-order valence-corrected chi connectivity index (χ4v) is 2.36. The van der Waals surface area contributed by atoms with Crippen molar-refractivity contribution in [3.8, 4) is 5.75 Å². The number of rotatable bonds is 2. The second kappa shape index (κ2) is 6.93. The van der Waals surface area contributed by atoms with E-state index in [-0.39, 0.29) is 12.1 Å². The fraction of sp³-hybridized carbons (Fsp3) is 0.471. The highest BCUT2D eigenvalue weighted by Gasteiger charge is 2.31. The maximum atomic E-state index is 14.1. The number of carbonyl (C=O) groups is 1. The molecule has 2 rings (SSSR count). The summed E-state index contributed by atoms with van der Waals surface area (Å²) in [7, 11) is 0. The molecule has 1 heterocycles. The van der Waals surface area contributed by atoms with Gasteiger partial charge in [-0.1, -0.05) is 6.08 Å². The zero-order valence-electron chi connectivity index (χ0n) is 14.1. The maximum Gasteiger partial charge on any atom is 0.573 e. The van der Waals surface area contributed by atoms with Gasteiger partial charge in [-0.3, -0.25) is 0 Å². The molecule has 0 radical (unpaired) electrons. The normalized spacial score (nSPS) is 15.6. The van der Waals surface area contributed by atoms with Gasteiger partial charge in [-0.2, -0.15) is 0 Å². The van der Waals surface area contributed by atoms with E-state index < -0.39 is 29.6 Å². The molecule has 0 N–H and O–H groups in total. The summed E-state index contributed by atoms with van der Waals surface area (Å²) in [5.74, 6) is -1.42. The van der Waals surface area contributed by atoms with E-state index >= 15 is 0 Å². The Balaban J connectivity index is 2.07. The van der Waals surface area contributed by atoms with E-state index in [4.69, 9.17) is 4.74 Å². The van der Waals surface area contributed by atoms with Crippen LogP contribution in [0.25, 0.3) is 5.57 Å². The third kappa shape index (κ3) is 5.65. The Morgan fingerprint density at radius 3 is 2.36 bits per heavy atom. The number of amides is 1. The minimum Gasteiger partial charge on any atom is -0.444 e. The van der Waals surface area contributed by atoms with E-state index in [0.29, 0.717) is 24.6 Å². The predicted molar refractivity (Wildman–Crippen MR) is 83.5 cm³/mol. The van der Waals surface area contributed by atoms with Crippen molar-refractivity contribution in [3.63, 3.8) is 0 Å². The van der Waals surface area contributed by atoms with Crippen LogP contribution in [0.2, 0.25) is 0 Å². The molecule has 0 aliphatic carbocycles. The van der Waals surface area contributed by atoms with E-state index in [0.717, 1.165) is 6.07 Å². The number of alkyl halides is 3. The standard InChI is InChI=1S/C17H19F4NO3/c1-16(2,3)25-15(23)22-8-6-11(7-9-22)13-5-4-12(10-14(13)18)24-17(19,20)21/h4-6,10H,7-9H2,1-3H3. The minimum absolute atomic E-state index is 0.193. The quantitative estimate of drug-likeness (QED) is 0.714. The van der Waals surface area contributed by atoms with E-state index in [2.05, 4.69) is 4.74 Å². The summed E-state index contributed by atoms with van der Waals surface area (Å²) in [6, 6.07) is 3.00. The lowest BCUT2D eigenvalue weighted by Gasteiger charge is -2.29. The van der Waals surface area contributed by atoms with Gasteiger partial charge < -0.3 is 14.4 Å². The number of ether oxygens (including phenoxy) is 2. The molecule has 0 spiro atoms. The molecule has 0 fully saturated rings. The van der Waals surface area contributed by atoms with Gasteiger partial charge in [0.2, 0.25) is 0 Å². The molecule has 4 nitrogen and oxygen atoms in total. The van der Waals surface area contributed by atoms with Gasteiger partial charge in [0, 0.05) is 24.7 Å². The number of halogens is 4. The smallest absolute Gasteiger partial charge is 0.444 e. The van der Waals surface area contributed by atoms with Crippen molar-refractivity contribution >= 4 is 11.7 Å². The monoisotopic (exact) mass is 361 g/mol. The molecule has 0 aromatic heterocycles. The van der Waals surface area contributed by atoms with E-state index in [9.17, 15) is 22.4 Å². The Labute approximate surface area is 143 Å². The van der Waals surface area contributed by atoms with Gasteiger partial charge >= 0.3 is 12.5 Å². The summed E-state index contributed by atoms with van der Waals surface area (Å²) in [5, 5.41) is 0. The van der Waals surface area contributed by atoms with Crippen LogP contribution < -0.4 is 4.74 Å². The Kier molecular flexibility index (Phi) is 5.29. The molecule has 0 bridgehead atoms. The van der Waals surface area contributed by atoms with E-state index in [1.165, 1.54) is 11.0 Å². The van der Waals surface area contributed by atoms with Crippen molar-refractivity contribution in [1.82, 2.24) is 4.90 Å². The summed E-state index contributed by atoms with van der Waals surface area (Å²) in [5.41, 5.74) is 0.204. The summed E-state index contributed by atoms with van der Waals surface area (Å²) in [6.07, 6.45) is -3.30. The summed E-state index contributed by atoms with van der Waals surface area (Å²) >= 11 is 0. The predicted octanol–water partition coefficient (Wildman–Crippen LogP) is 4.75. The first kappa shape index (κ1) is 19.1. The van der Waals surface area contributed by atoms with Crippen LogP contribution in [0.15, 0.2) is 24.3 Å². The summed E-state index contributed by atoms with van der Waals surface area (Å²) < 4.78 is 59.5. The molecular weight excluding hydrogens is 342 g/mol. The van der Waals surface area contributed by atoms with Gasteiger partial charge in [-0.05, 0) is 44.9 Å². The van der Waals surface area contributed by atoms with Crippen LogP contribution in [0.1, 0.15) is 32.8 Å². The lowest BCUT2D eigenvalue weighted by Crippen LogP contribution is -2.39. The Hall–Kier alpha value is -2.25. The van der Waals surface area contributed by atoms with Crippen molar-refractivity contribution in [2.24, 2.45) is 0 Å². The lowest BCUT2D eigenvalue weighted by molar-refractivity contribution is -0.274. The van der Waals surface area contributed by atoms with Crippen molar-refractivity contribution < 1.29 is 31.8 Å². The van der Waals surface area contributed by atoms with Crippen molar-refractivity contribution in [2.75, 3.05) is 13.1 Å². The van der Waals surface area contributed by atoms with Gasteiger partial charge in [0.05, 0.1) is 0 Å². The number of hydrogen-bond acceptors (Lipinski definition) is 3. The highest BCUT2D eigenvalue weighted by atomic mass is 19.4. The van der Waals surface area contributed by atoms with Crippen LogP contribution in [0.5, 0.6) is 5.75 Å². The number of carbonyl (C=O) groups excluding carboxylic acids is 1. The molecule has 138 valence electrons. The zero-order valence-corrected chi connectivity index (χ0v) is 14.1. The molecule has 1 aromatic carbocycles. The second-order valence-corrected chi connectivity index (χ2v) is 6.60. The minimum atomic E-state index is -4.87. The summed E-state index contributed by atoms with van der Waals surface area (Å²) in [4.78, 5) is 13.5. The Morgan fingerprint density at radius 2 is 1.88 bits per heavy atom. The molecule has 1 amide bonds. The average molecular weight is 361 g/mol. The van der Waals surface area contributed by atoms with Crippen LogP contribution in [-0.2, 0) is 4.74 Å². The Morgan fingerprint density at radius 1 is 1.20 bits per heavy atom. The lowest BCUT2D eigenvalue weighted by atomic mass is 9.99. The fourth-order valence-electron chi connectivity index (χ4n) is 2.36. The second-order valence-electron chi connectivity index (χ2n) is 6.60. The molecule has 0 unspecified atom stereocenters. The van der Waals surface area contributed by atoms with Crippen LogP contribution in [0.4, 0.5) is 22.4 Å². The molecule has 0 atom stereocenters. The van der Waals surface area contributed by atoms with Gasteiger partial charge in [0.25, 0.3) is 0 Å². The molecule has 8 heteroatoms. The third-order valence-electron chi connectivity index (χ3n) is 3.38. The molecular formula is C17H19F4NO3. The molecule has 1 aromatic rings.